The van der Waals surface area contributed by atoms with Crippen molar-refractivity contribution in [1.29, 1.82) is 0 Å². The summed E-state index contributed by atoms with van der Waals surface area (Å²) in [6.07, 6.45) is 0.341. The molecule has 0 amide bonds. The average molecular weight is 478 g/mol. The molecule has 2 aromatic carbocycles. The van der Waals surface area contributed by atoms with Crippen LogP contribution in [0.25, 0.3) is 0 Å². The Morgan fingerprint density at radius 2 is 1.93 bits per heavy atom. The number of rotatable bonds is 6. The first-order valence-corrected chi connectivity index (χ1v) is 9.74. The van der Waals surface area contributed by atoms with E-state index in [0.29, 0.717) is 23.2 Å². The lowest BCUT2D eigenvalue weighted by Crippen LogP contribution is -2.15. The quantitative estimate of drug-likeness (QED) is 0.523. The zero-order valence-corrected chi connectivity index (χ0v) is 17.8. The number of carbonyl (C=O) groups is 1. The average Bonchev–Trinajstić information content (AvgIpc) is 2.72. The van der Waals surface area contributed by atoms with E-state index in [4.69, 9.17) is 9.47 Å². The number of hydrogen-bond acceptors (Lipinski definition) is 4. The van der Waals surface area contributed by atoms with Crippen LogP contribution in [-0.4, -0.2) is 18.1 Å². The Bertz CT molecular complexity index is 1160. The van der Waals surface area contributed by atoms with Crippen molar-refractivity contribution in [2.45, 2.75) is 20.0 Å². The molecule has 30 heavy (non-hydrogen) atoms. The molecule has 1 heterocycles. The molecule has 0 aliphatic carbocycles. The molecule has 1 N–H and O–H groups in total. The van der Waals surface area contributed by atoms with Gasteiger partial charge in [-0.1, -0.05) is 12.1 Å². The van der Waals surface area contributed by atoms with E-state index in [-0.39, 0.29) is 22.4 Å². The number of aromatic nitrogens is 1. The van der Waals surface area contributed by atoms with E-state index in [1.54, 1.807) is 25.1 Å². The van der Waals surface area contributed by atoms with Gasteiger partial charge in [0.2, 0.25) is 0 Å². The number of pyridine rings is 1. The molecule has 1 aromatic heterocycles. The molecule has 3 aromatic rings. The number of aryl methyl sites for hydroxylation is 1. The minimum Gasteiger partial charge on any atom is -0.487 e. The number of benzene rings is 2. The van der Waals surface area contributed by atoms with Crippen LogP contribution in [0.3, 0.4) is 0 Å². The van der Waals surface area contributed by atoms with E-state index in [2.05, 4.69) is 20.9 Å². The maximum Gasteiger partial charge on any atom is 0.337 e. The molecular weight excluding hydrogens is 460 g/mol. The minimum atomic E-state index is -0.736. The molecule has 0 saturated carbocycles. The van der Waals surface area contributed by atoms with Crippen LogP contribution in [0.1, 0.15) is 32.7 Å². The predicted octanol–water partition coefficient (Wildman–Crippen LogP) is 4.68. The summed E-state index contributed by atoms with van der Waals surface area (Å²) in [6.45, 7) is 1.53. The summed E-state index contributed by atoms with van der Waals surface area (Å²) in [5.41, 5.74) is 2.17. The first-order valence-electron chi connectivity index (χ1n) is 8.95. The van der Waals surface area contributed by atoms with E-state index in [1.165, 1.54) is 13.2 Å². The third kappa shape index (κ3) is 4.76. The molecular formula is C22H18BrF2NO4. The fourth-order valence-electron chi connectivity index (χ4n) is 2.99. The summed E-state index contributed by atoms with van der Waals surface area (Å²) in [7, 11) is 1.30. The smallest absolute Gasteiger partial charge is 0.337 e. The first kappa shape index (κ1) is 21.7. The second-order valence-corrected chi connectivity index (χ2v) is 7.39. The van der Waals surface area contributed by atoms with Gasteiger partial charge in [0.15, 0.2) is 0 Å². The molecule has 0 aliphatic rings. The van der Waals surface area contributed by atoms with Crippen LogP contribution >= 0.6 is 15.9 Å². The van der Waals surface area contributed by atoms with Crippen LogP contribution in [0.2, 0.25) is 0 Å². The van der Waals surface area contributed by atoms with Gasteiger partial charge in [-0.05, 0) is 52.7 Å². The molecule has 156 valence electrons. The molecule has 0 aliphatic heterocycles. The van der Waals surface area contributed by atoms with Gasteiger partial charge in [-0.25, -0.2) is 13.6 Å². The second-order valence-electron chi connectivity index (χ2n) is 6.59. The molecule has 0 radical (unpaired) electrons. The van der Waals surface area contributed by atoms with Crippen LogP contribution in [0.4, 0.5) is 8.78 Å². The van der Waals surface area contributed by atoms with Gasteiger partial charge in [-0.2, -0.15) is 0 Å². The molecule has 0 bridgehead atoms. The summed E-state index contributed by atoms with van der Waals surface area (Å²) in [4.78, 5) is 26.7. The highest BCUT2D eigenvalue weighted by molar-refractivity contribution is 9.10. The summed E-state index contributed by atoms with van der Waals surface area (Å²) in [6, 6.07) is 10.1. The van der Waals surface area contributed by atoms with Crippen LogP contribution in [0.5, 0.6) is 5.75 Å². The molecule has 0 saturated heterocycles. The summed E-state index contributed by atoms with van der Waals surface area (Å²) in [5, 5.41) is 0. The molecule has 0 fully saturated rings. The van der Waals surface area contributed by atoms with Gasteiger partial charge in [0.1, 0.15) is 28.5 Å². The Morgan fingerprint density at radius 3 is 2.63 bits per heavy atom. The third-order valence-electron chi connectivity index (χ3n) is 4.54. The Morgan fingerprint density at radius 1 is 1.17 bits per heavy atom. The van der Waals surface area contributed by atoms with Crippen molar-refractivity contribution in [2.24, 2.45) is 0 Å². The van der Waals surface area contributed by atoms with Gasteiger partial charge in [-0.3, -0.25) is 4.79 Å². The zero-order valence-electron chi connectivity index (χ0n) is 16.2. The lowest BCUT2D eigenvalue weighted by Gasteiger charge is -2.16. The molecule has 5 nitrogen and oxygen atoms in total. The van der Waals surface area contributed by atoms with Crippen LogP contribution in [0, 0.1) is 18.6 Å². The molecule has 8 heteroatoms. The summed E-state index contributed by atoms with van der Waals surface area (Å²) in [5.74, 6) is -1.63. The fourth-order valence-corrected chi connectivity index (χ4v) is 3.44. The Kier molecular flexibility index (Phi) is 6.66. The van der Waals surface area contributed by atoms with Gasteiger partial charge in [0.25, 0.3) is 5.56 Å². The SMILES string of the molecule is COC(=O)c1cccc(Cc2c(C)[nH]c(=O)c(Br)c2OCc2ccc(F)cc2F)c1. The Labute approximate surface area is 179 Å². The fraction of sp³-hybridized carbons (Fsp3) is 0.182. The van der Waals surface area contributed by atoms with Gasteiger partial charge in [0, 0.05) is 29.3 Å². The van der Waals surface area contributed by atoms with Gasteiger partial charge in [0.05, 0.1) is 12.7 Å². The number of carbonyl (C=O) groups excluding carboxylic acids is 1. The Balaban J connectivity index is 1.96. The molecule has 0 spiro atoms. The molecule has 3 rings (SSSR count). The lowest BCUT2D eigenvalue weighted by molar-refractivity contribution is 0.0600. The third-order valence-corrected chi connectivity index (χ3v) is 5.26. The summed E-state index contributed by atoms with van der Waals surface area (Å²) < 4.78 is 37.8. The maximum absolute atomic E-state index is 14.0. The largest absolute Gasteiger partial charge is 0.487 e. The maximum atomic E-state index is 14.0. The number of methoxy groups -OCH3 is 1. The zero-order chi connectivity index (χ0) is 21.8. The van der Waals surface area contributed by atoms with Crippen molar-refractivity contribution < 1.29 is 23.0 Å². The normalized spacial score (nSPS) is 10.7. The van der Waals surface area contributed by atoms with Crippen LogP contribution < -0.4 is 10.3 Å². The molecule has 0 atom stereocenters. The van der Waals surface area contributed by atoms with Crippen LogP contribution in [0.15, 0.2) is 51.7 Å². The van der Waals surface area contributed by atoms with Gasteiger partial charge in [-0.15, -0.1) is 0 Å². The standard InChI is InChI=1S/C22H18BrF2NO4/c1-12-17(9-13-4-3-5-14(8-13)22(28)29-2)20(19(23)21(27)26-12)30-11-15-6-7-16(24)10-18(15)25/h3-8,10H,9,11H2,1-2H3,(H,26,27). The van der Waals surface area contributed by atoms with E-state index in [9.17, 15) is 18.4 Å². The van der Waals surface area contributed by atoms with Crippen molar-refractivity contribution >= 4 is 21.9 Å². The highest BCUT2D eigenvalue weighted by atomic mass is 79.9. The van der Waals surface area contributed by atoms with Gasteiger partial charge >= 0.3 is 5.97 Å². The van der Waals surface area contributed by atoms with Crippen LogP contribution in [-0.2, 0) is 17.8 Å². The van der Waals surface area contributed by atoms with E-state index < -0.39 is 23.2 Å². The second kappa shape index (κ2) is 9.21. The van der Waals surface area contributed by atoms with E-state index >= 15 is 0 Å². The number of aromatic amines is 1. The van der Waals surface area contributed by atoms with Crippen molar-refractivity contribution in [3.8, 4) is 5.75 Å². The summed E-state index contributed by atoms with van der Waals surface area (Å²) >= 11 is 3.23. The highest BCUT2D eigenvalue weighted by Gasteiger charge is 2.18. The lowest BCUT2D eigenvalue weighted by atomic mass is 10.0. The van der Waals surface area contributed by atoms with Crippen molar-refractivity contribution in [3.05, 3.63) is 96.9 Å². The minimum absolute atomic E-state index is 0.153. The Hall–Kier alpha value is -3.00. The van der Waals surface area contributed by atoms with Crippen molar-refractivity contribution in [1.82, 2.24) is 4.98 Å². The van der Waals surface area contributed by atoms with Gasteiger partial charge < -0.3 is 14.5 Å². The van der Waals surface area contributed by atoms with Crippen molar-refractivity contribution in [2.75, 3.05) is 7.11 Å². The monoisotopic (exact) mass is 477 g/mol. The van der Waals surface area contributed by atoms with E-state index in [1.807, 2.05) is 6.07 Å². The van der Waals surface area contributed by atoms with Crippen molar-refractivity contribution in [3.63, 3.8) is 0 Å². The highest BCUT2D eigenvalue weighted by Crippen LogP contribution is 2.31. The predicted molar refractivity (Wildman–Crippen MR) is 111 cm³/mol. The number of ether oxygens (including phenoxy) is 2. The number of nitrogens with one attached hydrogen (secondary N) is 1. The first-order chi connectivity index (χ1) is 14.3. The topological polar surface area (TPSA) is 68.4 Å². The molecule has 0 unspecified atom stereocenters. The number of hydrogen-bond donors (Lipinski definition) is 1. The number of halogens is 3. The van der Waals surface area contributed by atoms with E-state index in [0.717, 1.165) is 17.7 Å². The number of H-pyrrole nitrogens is 1. The number of esters is 1.